The van der Waals surface area contributed by atoms with E-state index in [1.54, 1.807) is 30.1 Å². The van der Waals surface area contributed by atoms with Crippen molar-refractivity contribution in [3.8, 4) is 0 Å². The first-order chi connectivity index (χ1) is 22.7. The molecule has 0 saturated carbocycles. The van der Waals surface area contributed by atoms with Crippen LogP contribution in [-0.4, -0.2) is 60.9 Å². The molecule has 3 heterocycles. The van der Waals surface area contributed by atoms with E-state index in [-0.39, 0.29) is 5.97 Å². The SMILES string of the molecule is CCCCCCCCCCCCCCCCC(=O)OC(C)(C)OC(=O)N1C(N2CCN(C)CC2)=c2cc(C)sc2=Nc2ccccc21. The van der Waals surface area contributed by atoms with Crippen molar-refractivity contribution in [2.24, 2.45) is 4.99 Å². The molecule has 47 heavy (non-hydrogen) atoms. The Morgan fingerprint density at radius 3 is 2.02 bits per heavy atom. The highest BCUT2D eigenvalue weighted by Gasteiger charge is 2.36. The van der Waals surface area contributed by atoms with E-state index in [4.69, 9.17) is 14.5 Å². The molecule has 0 spiro atoms. The molecule has 0 aliphatic carbocycles. The standard InChI is InChI=1S/C38H58N4O4S/c1-6-7-8-9-10-11-12-13-14-15-16-17-18-19-24-34(43)45-38(3,4)46-37(44)42-33-23-21-20-22-32(33)39-35-31(29-30(2)47-35)36(42)41-27-25-40(5)26-28-41/h20-23,29H,6-19,24-28H2,1-5H3. The second-order valence-corrected chi connectivity index (χ2v) is 14.9. The van der Waals surface area contributed by atoms with Gasteiger partial charge < -0.3 is 19.3 Å². The summed E-state index contributed by atoms with van der Waals surface area (Å²) in [4.78, 5) is 39.3. The van der Waals surface area contributed by atoms with Gasteiger partial charge in [0, 0.05) is 51.3 Å². The summed E-state index contributed by atoms with van der Waals surface area (Å²) in [6, 6.07) is 9.75. The topological polar surface area (TPSA) is 74.7 Å². The molecule has 9 heteroatoms. The number of aryl methyl sites for hydroxylation is 1. The summed E-state index contributed by atoms with van der Waals surface area (Å²) in [5, 5.41) is 0.915. The summed E-state index contributed by atoms with van der Waals surface area (Å²) in [6.07, 6.45) is 17.4. The van der Waals surface area contributed by atoms with Gasteiger partial charge in [-0.1, -0.05) is 103 Å². The van der Waals surface area contributed by atoms with Gasteiger partial charge in [-0.05, 0) is 38.6 Å². The van der Waals surface area contributed by atoms with Gasteiger partial charge in [0.1, 0.15) is 10.5 Å². The molecular weight excluding hydrogens is 609 g/mol. The smallest absolute Gasteiger partial charge is 0.423 e. The highest BCUT2D eigenvalue weighted by atomic mass is 32.1. The van der Waals surface area contributed by atoms with E-state index in [1.807, 2.05) is 24.3 Å². The second-order valence-electron chi connectivity index (χ2n) is 13.7. The molecule has 1 amide bonds. The van der Waals surface area contributed by atoms with Gasteiger partial charge in [0.05, 0.1) is 16.6 Å². The molecule has 2 aliphatic heterocycles. The average Bonchev–Trinajstić information content (AvgIpc) is 3.33. The van der Waals surface area contributed by atoms with E-state index in [0.717, 1.165) is 66.0 Å². The zero-order valence-corrected chi connectivity index (χ0v) is 30.5. The average molecular weight is 667 g/mol. The number of para-hydroxylation sites is 2. The number of unbranched alkanes of at least 4 members (excludes halogenated alkanes) is 13. The first-order valence-corrected chi connectivity index (χ1v) is 19.0. The normalized spacial score (nSPS) is 15.1. The van der Waals surface area contributed by atoms with Crippen molar-refractivity contribution in [3.05, 3.63) is 45.1 Å². The number of thiophene rings is 1. The van der Waals surface area contributed by atoms with Crippen LogP contribution in [0.2, 0.25) is 0 Å². The lowest BCUT2D eigenvalue weighted by Gasteiger charge is -2.39. The summed E-state index contributed by atoms with van der Waals surface area (Å²) in [7, 11) is 2.11. The quantitative estimate of drug-likeness (QED) is 0.0904. The number of piperazine rings is 1. The fraction of sp³-hybridized carbons (Fsp3) is 0.658. The van der Waals surface area contributed by atoms with Crippen molar-refractivity contribution in [3.63, 3.8) is 0 Å². The molecule has 260 valence electrons. The molecule has 2 aliphatic rings. The van der Waals surface area contributed by atoms with Crippen molar-refractivity contribution in [2.75, 3.05) is 38.1 Å². The minimum Gasteiger partial charge on any atom is -0.423 e. The van der Waals surface area contributed by atoms with Crippen molar-refractivity contribution >= 4 is 40.6 Å². The van der Waals surface area contributed by atoms with Crippen molar-refractivity contribution in [1.29, 1.82) is 0 Å². The number of hydrogen-bond acceptors (Lipinski definition) is 8. The Hall–Kier alpha value is -2.91. The molecule has 2 aromatic rings. The highest BCUT2D eigenvalue weighted by Crippen LogP contribution is 2.35. The Morgan fingerprint density at radius 1 is 0.830 bits per heavy atom. The molecule has 0 bridgehead atoms. The van der Waals surface area contributed by atoms with Crippen LogP contribution in [0.4, 0.5) is 16.2 Å². The number of carbonyl (C=O) groups is 2. The van der Waals surface area contributed by atoms with Crippen LogP contribution in [0.3, 0.4) is 0 Å². The van der Waals surface area contributed by atoms with Gasteiger partial charge in [-0.2, -0.15) is 0 Å². The number of benzene rings is 1. The van der Waals surface area contributed by atoms with Crippen LogP contribution in [-0.2, 0) is 14.3 Å². The van der Waals surface area contributed by atoms with E-state index in [2.05, 4.69) is 36.8 Å². The van der Waals surface area contributed by atoms with Gasteiger partial charge in [0.15, 0.2) is 0 Å². The lowest BCUT2D eigenvalue weighted by molar-refractivity contribution is -0.193. The number of nitrogens with zero attached hydrogens (tertiary/aromatic N) is 4. The molecule has 0 N–H and O–H groups in total. The molecule has 1 aromatic heterocycles. The van der Waals surface area contributed by atoms with E-state index in [1.165, 1.54) is 70.6 Å². The van der Waals surface area contributed by atoms with Gasteiger partial charge >= 0.3 is 12.1 Å². The largest absolute Gasteiger partial charge is 0.423 e. The third kappa shape index (κ3) is 11.3. The first-order valence-electron chi connectivity index (χ1n) is 18.2. The fourth-order valence-corrected chi connectivity index (χ4v) is 7.30. The number of ether oxygens (including phenoxy) is 2. The maximum atomic E-state index is 14.2. The minimum absolute atomic E-state index is 0.320. The van der Waals surface area contributed by atoms with Crippen molar-refractivity contribution in [2.45, 2.75) is 130 Å². The Morgan fingerprint density at radius 2 is 1.40 bits per heavy atom. The van der Waals surface area contributed by atoms with Crippen LogP contribution in [0, 0.1) is 6.92 Å². The third-order valence-corrected chi connectivity index (χ3v) is 9.99. The van der Waals surface area contributed by atoms with Gasteiger partial charge in [-0.3, -0.25) is 4.79 Å². The van der Waals surface area contributed by atoms with E-state index in [0.29, 0.717) is 17.8 Å². The summed E-state index contributed by atoms with van der Waals surface area (Å²) in [5.41, 5.74) is 1.35. The van der Waals surface area contributed by atoms with Gasteiger partial charge in [0.2, 0.25) is 0 Å². The maximum Gasteiger partial charge on any atom is 0.423 e. The number of fused-ring (bicyclic) bond motifs is 2. The highest BCUT2D eigenvalue weighted by molar-refractivity contribution is 7.09. The first kappa shape index (κ1) is 36.9. The van der Waals surface area contributed by atoms with Gasteiger partial charge in [-0.25, -0.2) is 14.7 Å². The zero-order chi connectivity index (χ0) is 33.6. The predicted octanol–water partition coefficient (Wildman–Crippen LogP) is 8.43. The summed E-state index contributed by atoms with van der Waals surface area (Å²) >= 11 is 1.62. The van der Waals surface area contributed by atoms with Crippen LogP contribution in [0.5, 0.6) is 0 Å². The van der Waals surface area contributed by atoms with Gasteiger partial charge in [0.25, 0.3) is 5.79 Å². The minimum atomic E-state index is -1.43. The van der Waals surface area contributed by atoms with Gasteiger partial charge in [-0.15, -0.1) is 11.3 Å². The number of carbonyl (C=O) groups excluding carboxylic acids is 2. The van der Waals surface area contributed by atoms with Crippen molar-refractivity contribution in [1.82, 2.24) is 9.80 Å². The molecule has 0 atom stereocenters. The lowest BCUT2D eigenvalue weighted by atomic mass is 10.0. The molecule has 1 aromatic carbocycles. The van der Waals surface area contributed by atoms with Crippen molar-refractivity contribution < 1.29 is 19.1 Å². The van der Waals surface area contributed by atoms with Crippen LogP contribution >= 0.6 is 11.3 Å². The summed E-state index contributed by atoms with van der Waals surface area (Å²) in [5.74, 6) is -1.00. The molecule has 4 rings (SSSR count). The molecule has 0 unspecified atom stereocenters. The summed E-state index contributed by atoms with van der Waals surface area (Å²) < 4.78 is 12.6. The molecule has 0 radical (unpaired) electrons. The number of esters is 1. The number of amides is 1. The summed E-state index contributed by atoms with van der Waals surface area (Å²) in [6.45, 7) is 10.9. The maximum absolute atomic E-state index is 14.2. The third-order valence-electron chi connectivity index (χ3n) is 9.05. The van der Waals surface area contributed by atoms with E-state index in [9.17, 15) is 9.59 Å². The zero-order valence-electron chi connectivity index (χ0n) is 29.7. The molecular formula is C38H58N4O4S. The second kappa shape index (κ2) is 18.6. The molecule has 1 saturated heterocycles. The molecule has 8 nitrogen and oxygen atoms in total. The Balaban J connectivity index is 1.29. The number of hydrogen-bond donors (Lipinski definition) is 0. The van der Waals surface area contributed by atoms with E-state index >= 15 is 0 Å². The van der Waals surface area contributed by atoms with Crippen LogP contribution in [0.15, 0.2) is 35.3 Å². The monoisotopic (exact) mass is 666 g/mol. The Kier molecular flexibility index (Phi) is 14.6. The molecule has 1 fully saturated rings. The number of rotatable bonds is 18. The van der Waals surface area contributed by atoms with Crippen LogP contribution < -0.4 is 14.8 Å². The fourth-order valence-electron chi connectivity index (χ4n) is 6.42. The van der Waals surface area contributed by atoms with Crippen LogP contribution in [0.25, 0.3) is 5.82 Å². The Labute approximate surface area is 286 Å². The number of likely N-dealkylation sites (N-methyl/N-ethyl adjacent to an activating group) is 1. The Bertz CT molecular complexity index is 1410. The predicted molar refractivity (Wildman–Crippen MR) is 192 cm³/mol. The number of anilines is 1. The van der Waals surface area contributed by atoms with E-state index < -0.39 is 11.9 Å². The van der Waals surface area contributed by atoms with Crippen LogP contribution in [0.1, 0.15) is 122 Å². The lowest BCUT2D eigenvalue weighted by Crippen LogP contribution is -2.52.